The van der Waals surface area contributed by atoms with E-state index in [-0.39, 0.29) is 12.4 Å². The minimum absolute atomic E-state index is 0.285. The number of carbonyl (C=O) groups excluding carboxylic acids is 1. The largest absolute Gasteiger partial charge is 0.426 e. The summed E-state index contributed by atoms with van der Waals surface area (Å²) < 4.78 is 11.0. The van der Waals surface area contributed by atoms with Gasteiger partial charge in [0, 0.05) is 47.0 Å². The van der Waals surface area contributed by atoms with Gasteiger partial charge in [0.05, 0.1) is 0 Å². The normalized spacial score (nSPS) is 11.2. The highest BCUT2D eigenvalue weighted by Gasteiger charge is 2.15. The fraction of sp³-hybridized carbons (Fsp3) is 0.182. The number of esters is 1. The van der Waals surface area contributed by atoms with Gasteiger partial charge in [-0.2, -0.15) is 0 Å². The first kappa shape index (κ1) is 17.1. The van der Waals surface area contributed by atoms with Gasteiger partial charge in [0.25, 0.3) is 0 Å². The number of benzene rings is 2. The Kier molecular flexibility index (Phi) is 4.28. The second-order valence-electron chi connectivity index (χ2n) is 6.57. The summed E-state index contributed by atoms with van der Waals surface area (Å²) in [6, 6.07) is 13.0. The molecule has 0 radical (unpaired) electrons. The van der Waals surface area contributed by atoms with Gasteiger partial charge in [-0.1, -0.05) is 25.1 Å². The van der Waals surface area contributed by atoms with E-state index in [4.69, 9.17) is 9.15 Å². The summed E-state index contributed by atoms with van der Waals surface area (Å²) in [7, 11) is 0. The molecule has 136 valence electrons. The molecule has 0 aliphatic carbocycles. The number of hydrogen-bond acceptors (Lipinski definition) is 4. The fourth-order valence-corrected chi connectivity index (χ4v) is 3.30. The standard InChI is InChI=1S/C22H19NO4/c1-3-21(24)26-19-11-17-13(2)8-22(25)27-20(17)10-14(19)9-15-12-23-18-7-5-4-6-16(15)18/h4-8,10-12,23H,3,9H2,1-2H3. The molecule has 4 aromatic rings. The van der Waals surface area contributed by atoms with Crippen LogP contribution in [0, 0.1) is 6.92 Å². The van der Waals surface area contributed by atoms with Crippen molar-refractivity contribution < 1.29 is 13.9 Å². The van der Waals surface area contributed by atoms with Crippen LogP contribution in [-0.2, 0) is 11.2 Å². The number of aromatic nitrogens is 1. The Labute approximate surface area is 155 Å². The minimum atomic E-state index is -0.392. The third-order valence-corrected chi connectivity index (χ3v) is 4.70. The van der Waals surface area contributed by atoms with Crippen LogP contribution in [0.2, 0.25) is 0 Å². The van der Waals surface area contributed by atoms with Crippen molar-refractivity contribution in [1.82, 2.24) is 4.98 Å². The van der Waals surface area contributed by atoms with E-state index in [0.717, 1.165) is 33.0 Å². The molecule has 0 fully saturated rings. The fourth-order valence-electron chi connectivity index (χ4n) is 3.30. The maximum absolute atomic E-state index is 11.9. The van der Waals surface area contributed by atoms with E-state index in [1.54, 1.807) is 19.1 Å². The van der Waals surface area contributed by atoms with Crippen LogP contribution in [0.25, 0.3) is 21.9 Å². The predicted octanol–water partition coefficient (Wildman–Crippen LogP) is 4.49. The van der Waals surface area contributed by atoms with E-state index in [9.17, 15) is 9.59 Å². The second-order valence-corrected chi connectivity index (χ2v) is 6.57. The lowest BCUT2D eigenvalue weighted by Crippen LogP contribution is -2.08. The minimum Gasteiger partial charge on any atom is -0.426 e. The number of carbonyl (C=O) groups is 1. The van der Waals surface area contributed by atoms with Crippen molar-refractivity contribution in [2.45, 2.75) is 26.7 Å². The summed E-state index contributed by atoms with van der Waals surface area (Å²) in [5.74, 6) is 0.196. The van der Waals surface area contributed by atoms with Gasteiger partial charge in [0.15, 0.2) is 0 Å². The van der Waals surface area contributed by atoms with Crippen LogP contribution in [0.15, 0.2) is 57.9 Å². The van der Waals surface area contributed by atoms with Gasteiger partial charge in [0.1, 0.15) is 11.3 Å². The molecule has 27 heavy (non-hydrogen) atoms. The number of fused-ring (bicyclic) bond motifs is 2. The van der Waals surface area contributed by atoms with Crippen LogP contribution in [0.3, 0.4) is 0 Å². The molecule has 0 bridgehead atoms. The van der Waals surface area contributed by atoms with E-state index >= 15 is 0 Å². The zero-order valence-electron chi connectivity index (χ0n) is 15.2. The van der Waals surface area contributed by atoms with Crippen molar-refractivity contribution >= 4 is 27.8 Å². The zero-order valence-corrected chi connectivity index (χ0v) is 15.2. The summed E-state index contributed by atoms with van der Waals surface area (Å²) in [4.78, 5) is 26.9. The lowest BCUT2D eigenvalue weighted by atomic mass is 10.0. The van der Waals surface area contributed by atoms with Crippen LogP contribution in [0.1, 0.15) is 30.0 Å². The molecule has 2 heterocycles. The molecule has 0 aliphatic heterocycles. The molecule has 4 rings (SSSR count). The summed E-state index contributed by atoms with van der Waals surface area (Å²) >= 11 is 0. The van der Waals surface area contributed by atoms with Crippen molar-refractivity contribution in [2.75, 3.05) is 0 Å². The number of rotatable bonds is 4. The molecule has 2 aromatic heterocycles. The first-order valence-corrected chi connectivity index (χ1v) is 8.88. The number of H-pyrrole nitrogens is 1. The molecule has 2 aromatic carbocycles. The van der Waals surface area contributed by atoms with Crippen LogP contribution in [-0.4, -0.2) is 11.0 Å². The molecule has 0 amide bonds. The summed E-state index contributed by atoms with van der Waals surface area (Å²) in [6.07, 6.45) is 2.78. The molecule has 0 saturated carbocycles. The van der Waals surface area contributed by atoms with Gasteiger partial charge in [-0.25, -0.2) is 4.79 Å². The third kappa shape index (κ3) is 3.24. The van der Waals surface area contributed by atoms with E-state index in [0.29, 0.717) is 17.8 Å². The maximum Gasteiger partial charge on any atom is 0.336 e. The van der Waals surface area contributed by atoms with Crippen LogP contribution in [0.5, 0.6) is 5.75 Å². The molecule has 0 saturated heterocycles. The van der Waals surface area contributed by atoms with Crippen LogP contribution < -0.4 is 10.4 Å². The van der Waals surface area contributed by atoms with Crippen LogP contribution in [0.4, 0.5) is 0 Å². The van der Waals surface area contributed by atoms with Crippen molar-refractivity contribution in [1.29, 1.82) is 0 Å². The number of nitrogens with one attached hydrogen (secondary N) is 1. The number of ether oxygens (including phenoxy) is 1. The smallest absolute Gasteiger partial charge is 0.336 e. The topological polar surface area (TPSA) is 72.3 Å². The van der Waals surface area contributed by atoms with Gasteiger partial charge in [-0.05, 0) is 36.2 Å². The van der Waals surface area contributed by atoms with Crippen molar-refractivity contribution in [3.8, 4) is 5.75 Å². The SMILES string of the molecule is CCC(=O)Oc1cc2c(C)cc(=O)oc2cc1Cc1c[nH]c2ccccc12. The Morgan fingerprint density at radius 2 is 1.93 bits per heavy atom. The average molecular weight is 361 g/mol. The van der Waals surface area contributed by atoms with E-state index in [1.165, 1.54) is 6.07 Å². The van der Waals surface area contributed by atoms with Crippen LogP contribution >= 0.6 is 0 Å². The summed E-state index contributed by atoms with van der Waals surface area (Å²) in [5.41, 5.74) is 3.80. The zero-order chi connectivity index (χ0) is 19.0. The first-order valence-electron chi connectivity index (χ1n) is 8.88. The molecular formula is C22H19NO4. The highest BCUT2D eigenvalue weighted by atomic mass is 16.5. The number of hydrogen-bond donors (Lipinski definition) is 1. The number of aromatic amines is 1. The van der Waals surface area contributed by atoms with Gasteiger partial charge in [-0.15, -0.1) is 0 Å². The van der Waals surface area contributed by atoms with E-state index < -0.39 is 5.63 Å². The monoisotopic (exact) mass is 361 g/mol. The lowest BCUT2D eigenvalue weighted by molar-refractivity contribution is -0.134. The predicted molar refractivity (Wildman–Crippen MR) is 104 cm³/mol. The molecule has 0 atom stereocenters. The highest BCUT2D eigenvalue weighted by molar-refractivity contribution is 5.86. The Morgan fingerprint density at radius 1 is 1.11 bits per heavy atom. The first-order chi connectivity index (χ1) is 13.0. The maximum atomic E-state index is 11.9. The Bertz CT molecular complexity index is 1220. The number of para-hydroxylation sites is 1. The Morgan fingerprint density at radius 3 is 2.74 bits per heavy atom. The van der Waals surface area contributed by atoms with Crippen molar-refractivity contribution in [2.24, 2.45) is 0 Å². The molecule has 0 aliphatic rings. The molecule has 1 N–H and O–H groups in total. The lowest BCUT2D eigenvalue weighted by Gasteiger charge is -2.12. The van der Waals surface area contributed by atoms with Gasteiger partial charge < -0.3 is 14.1 Å². The second kappa shape index (κ2) is 6.76. The number of aryl methyl sites for hydroxylation is 1. The van der Waals surface area contributed by atoms with Gasteiger partial charge in [0.2, 0.25) is 0 Å². The Balaban J connectivity index is 1.87. The molecule has 0 unspecified atom stereocenters. The van der Waals surface area contributed by atoms with Crippen molar-refractivity contribution in [3.63, 3.8) is 0 Å². The summed E-state index contributed by atoms with van der Waals surface area (Å²) in [5, 5.41) is 1.87. The van der Waals surface area contributed by atoms with E-state index in [1.807, 2.05) is 37.4 Å². The van der Waals surface area contributed by atoms with Gasteiger partial charge >= 0.3 is 11.6 Å². The molecular weight excluding hydrogens is 342 g/mol. The third-order valence-electron chi connectivity index (χ3n) is 4.70. The highest BCUT2D eigenvalue weighted by Crippen LogP contribution is 2.31. The molecule has 0 spiro atoms. The Hall–Kier alpha value is -3.34. The van der Waals surface area contributed by atoms with Crippen molar-refractivity contribution in [3.05, 3.63) is 75.8 Å². The van der Waals surface area contributed by atoms with Gasteiger partial charge in [-0.3, -0.25) is 4.79 Å². The summed E-state index contributed by atoms with van der Waals surface area (Å²) in [6.45, 7) is 3.59. The quantitative estimate of drug-likeness (QED) is 0.330. The molecule has 5 heteroatoms. The molecule has 5 nitrogen and oxygen atoms in total. The average Bonchev–Trinajstić information content (AvgIpc) is 3.05. The van der Waals surface area contributed by atoms with E-state index in [2.05, 4.69) is 4.98 Å².